The zero-order chi connectivity index (χ0) is 40.2. The minimum absolute atomic E-state index is 0.00167. The van der Waals surface area contributed by atoms with Gasteiger partial charge in [0.2, 0.25) is 21.8 Å². The van der Waals surface area contributed by atoms with Crippen LogP contribution in [0.1, 0.15) is 62.6 Å². The number of fused-ring (bicyclic) bond motifs is 5. The van der Waals surface area contributed by atoms with E-state index in [2.05, 4.69) is 20.4 Å². The molecule has 3 fully saturated rings. The topological polar surface area (TPSA) is 174 Å². The predicted octanol–water partition coefficient (Wildman–Crippen LogP) is 3.85. The molecular weight excluding hydrogens is 773 g/mol. The van der Waals surface area contributed by atoms with Crippen molar-refractivity contribution in [2.24, 2.45) is 5.92 Å². The van der Waals surface area contributed by atoms with Crippen LogP contribution in [0.4, 0.5) is 26.7 Å². The minimum atomic E-state index is -4.97. The minimum Gasteiger partial charge on any atom is -0.497 e. The molecule has 0 bridgehead atoms. The molecule has 56 heavy (non-hydrogen) atoms. The number of rotatable bonds is 5. The number of allylic oxidation sites excluding steroid dienone is 1. The molecule has 7 rings (SSSR count). The van der Waals surface area contributed by atoms with Crippen molar-refractivity contribution in [1.82, 2.24) is 24.8 Å². The summed E-state index contributed by atoms with van der Waals surface area (Å²) in [6.07, 6.45) is -3.90. The van der Waals surface area contributed by atoms with Crippen molar-refractivity contribution >= 4 is 44.7 Å². The second-order valence-electron chi connectivity index (χ2n) is 14.8. The van der Waals surface area contributed by atoms with Crippen molar-refractivity contribution in [2.75, 3.05) is 32.6 Å². The van der Waals surface area contributed by atoms with Gasteiger partial charge in [-0.15, -0.1) is 0 Å². The Morgan fingerprint density at radius 1 is 1.16 bits per heavy atom. The van der Waals surface area contributed by atoms with Crippen LogP contribution >= 0.6 is 0 Å². The average Bonchev–Trinajstić information content (AvgIpc) is 3.72. The number of methoxy groups -OCH3 is 1. The summed E-state index contributed by atoms with van der Waals surface area (Å²) in [6, 6.07) is 1.52. The molecule has 2 N–H and O–H groups in total. The van der Waals surface area contributed by atoms with Crippen molar-refractivity contribution in [1.29, 1.82) is 0 Å². The lowest BCUT2D eigenvalue weighted by Crippen LogP contribution is -2.62. The van der Waals surface area contributed by atoms with Crippen LogP contribution in [-0.4, -0.2) is 109 Å². The van der Waals surface area contributed by atoms with Crippen molar-refractivity contribution in [3.05, 3.63) is 41.6 Å². The number of aryl methyl sites for hydroxylation is 1. The van der Waals surface area contributed by atoms with Crippen molar-refractivity contribution < 1.29 is 63.8 Å². The number of aromatic nitrogens is 1. The van der Waals surface area contributed by atoms with Crippen LogP contribution in [0.25, 0.3) is 10.9 Å². The molecule has 14 nitrogen and oxygen atoms in total. The number of carbonyl (C=O) groups excluding carboxylic acids is 4. The number of hydrogen-bond donors (Lipinski definition) is 2. The van der Waals surface area contributed by atoms with Gasteiger partial charge in [0.15, 0.2) is 18.1 Å². The van der Waals surface area contributed by atoms with Gasteiger partial charge in [-0.1, -0.05) is 25.0 Å². The molecule has 304 valence electrons. The monoisotopic (exact) mass is 813 g/mol. The number of nitrogens with zero attached hydrogens (tertiary/aromatic N) is 3. The summed E-state index contributed by atoms with van der Waals surface area (Å²) in [4.78, 5) is 60.3. The van der Waals surface area contributed by atoms with Gasteiger partial charge in [-0.05, 0) is 56.7 Å². The largest absolute Gasteiger partial charge is 0.497 e. The third-order valence-electron chi connectivity index (χ3n) is 11.2. The smallest absolute Gasteiger partial charge is 0.437 e. The maximum Gasteiger partial charge on any atom is 0.437 e. The van der Waals surface area contributed by atoms with Crippen LogP contribution in [0.15, 0.2) is 30.4 Å². The number of alkyl halides is 5. The van der Waals surface area contributed by atoms with Gasteiger partial charge in [0.05, 0.1) is 31.5 Å². The first kappa shape index (κ1) is 39.5. The van der Waals surface area contributed by atoms with E-state index in [-0.39, 0.29) is 55.5 Å². The summed E-state index contributed by atoms with van der Waals surface area (Å²) in [5.74, 6) is -3.63. The highest BCUT2D eigenvalue weighted by molar-refractivity contribution is 7.90. The molecule has 2 saturated heterocycles. The number of pyridine rings is 1. The molecule has 2 aromatic rings. The predicted molar refractivity (Wildman–Crippen MR) is 186 cm³/mol. The molecule has 1 spiro atoms. The first-order chi connectivity index (χ1) is 26.5. The Morgan fingerprint density at radius 3 is 2.62 bits per heavy atom. The SMILES string of the molecule is COc1ccc2nc(C(F)(F)F)c3c(c2c1)CCC1(CC2C(=O)NC4(C(=O)N5CCS5(=O)=O)CC4C=CCCCCCC(NC(=O)OCC(F)F)C(=O)N2C1)O3. The molecule has 1 saturated carbocycles. The van der Waals surface area contributed by atoms with E-state index in [0.717, 1.165) is 4.90 Å². The first-order valence-corrected chi connectivity index (χ1v) is 19.9. The van der Waals surface area contributed by atoms with Crippen LogP contribution in [0, 0.1) is 5.92 Å². The highest BCUT2D eigenvalue weighted by Gasteiger charge is 2.65. The number of alkyl carbamates (subject to hydrolysis) is 1. The lowest BCUT2D eigenvalue weighted by Gasteiger charge is -2.37. The molecule has 5 heterocycles. The Hall–Kier alpha value is -4.75. The van der Waals surface area contributed by atoms with Crippen molar-refractivity contribution in [3.8, 4) is 11.5 Å². The van der Waals surface area contributed by atoms with Gasteiger partial charge in [-0.2, -0.15) is 13.2 Å². The summed E-state index contributed by atoms with van der Waals surface area (Å²) in [5, 5.41) is 5.39. The Labute approximate surface area is 318 Å². The number of carbonyl (C=O) groups is 4. The molecule has 4 amide bonds. The van der Waals surface area contributed by atoms with Crippen molar-refractivity contribution in [3.63, 3.8) is 0 Å². The van der Waals surface area contributed by atoms with Crippen LogP contribution in [0.5, 0.6) is 11.5 Å². The number of hydrogen-bond acceptors (Lipinski definition) is 10. The highest BCUT2D eigenvalue weighted by Crippen LogP contribution is 2.50. The van der Waals surface area contributed by atoms with Crippen molar-refractivity contribution in [2.45, 2.75) is 93.6 Å². The van der Waals surface area contributed by atoms with E-state index >= 15 is 0 Å². The van der Waals surface area contributed by atoms with E-state index in [1.54, 1.807) is 6.08 Å². The van der Waals surface area contributed by atoms with Crippen LogP contribution in [0.2, 0.25) is 0 Å². The van der Waals surface area contributed by atoms with Crippen LogP contribution in [-0.2, 0) is 41.7 Å². The number of benzene rings is 1. The van der Waals surface area contributed by atoms with E-state index < -0.39 is 100 Å². The average molecular weight is 814 g/mol. The van der Waals surface area contributed by atoms with Gasteiger partial charge in [0, 0.05) is 23.3 Å². The Kier molecular flexibility index (Phi) is 10.3. The van der Waals surface area contributed by atoms with Crippen LogP contribution < -0.4 is 20.1 Å². The van der Waals surface area contributed by atoms with Gasteiger partial charge in [0.25, 0.3) is 12.3 Å². The maximum absolute atomic E-state index is 14.6. The number of halogens is 5. The molecule has 4 aliphatic heterocycles. The fourth-order valence-corrected chi connectivity index (χ4v) is 9.21. The van der Waals surface area contributed by atoms with E-state index in [0.29, 0.717) is 41.1 Å². The molecule has 1 aromatic carbocycles. The van der Waals surface area contributed by atoms with Gasteiger partial charge < -0.3 is 29.7 Å². The molecule has 1 aromatic heterocycles. The van der Waals surface area contributed by atoms with Crippen LogP contribution in [0.3, 0.4) is 0 Å². The maximum atomic E-state index is 14.6. The molecule has 5 unspecified atom stereocenters. The van der Waals surface area contributed by atoms with E-state index in [9.17, 15) is 49.5 Å². The lowest BCUT2D eigenvalue weighted by atomic mass is 9.87. The Balaban J connectivity index is 1.27. The molecule has 5 atom stereocenters. The lowest BCUT2D eigenvalue weighted by molar-refractivity contribution is -0.144. The number of ether oxygens (including phenoxy) is 3. The third-order valence-corrected chi connectivity index (χ3v) is 12.9. The van der Waals surface area contributed by atoms with Gasteiger partial charge in [0.1, 0.15) is 29.0 Å². The second kappa shape index (κ2) is 14.6. The van der Waals surface area contributed by atoms with E-state index in [4.69, 9.17) is 9.47 Å². The standard InChI is InChI=1S/C36H40F5N5O9S/c1-53-21-9-10-24-23(15-21)22-11-12-34(55-28(22)29(42-24)36(39,40)41)17-26-30(47)44-35(32(49)46-13-14-56(46,51)52)16-20(35)7-5-3-2-4-6-8-25(31(48)45(26)19-34)43-33(50)54-18-27(37)38/h5,7,9-10,15,20,25-27H,2-4,6,8,11-14,16-19H2,1H3,(H,43,50)(H,44,47). The molecule has 1 aliphatic carbocycles. The highest BCUT2D eigenvalue weighted by atomic mass is 32.2. The van der Waals surface area contributed by atoms with Gasteiger partial charge in [-0.25, -0.2) is 31.3 Å². The first-order valence-electron chi connectivity index (χ1n) is 18.3. The fourth-order valence-electron chi connectivity index (χ4n) is 8.13. The molecular formula is C36H40F5N5O9S. The zero-order valence-corrected chi connectivity index (χ0v) is 31.0. The summed E-state index contributed by atoms with van der Waals surface area (Å²) in [5.41, 5.74) is -4.34. The normalized spacial score (nSPS) is 28.9. The Morgan fingerprint density at radius 2 is 1.95 bits per heavy atom. The third kappa shape index (κ3) is 7.43. The summed E-state index contributed by atoms with van der Waals surface area (Å²) in [6.45, 7) is -1.76. The van der Waals surface area contributed by atoms with E-state index in [1.807, 2.05) is 6.08 Å². The summed E-state index contributed by atoms with van der Waals surface area (Å²) < 4.78 is 112. The quantitative estimate of drug-likeness (QED) is 0.334. The molecule has 20 heteroatoms. The zero-order valence-electron chi connectivity index (χ0n) is 30.2. The number of nitrogens with one attached hydrogen (secondary N) is 2. The van der Waals surface area contributed by atoms with Gasteiger partial charge >= 0.3 is 12.3 Å². The summed E-state index contributed by atoms with van der Waals surface area (Å²) >= 11 is 0. The van der Waals surface area contributed by atoms with E-state index in [1.165, 1.54) is 25.3 Å². The number of sulfonamides is 1. The fraction of sp³-hybridized carbons (Fsp3) is 0.583. The molecule has 5 aliphatic rings. The number of amides is 4. The summed E-state index contributed by atoms with van der Waals surface area (Å²) in [7, 11) is -2.49. The molecule has 0 radical (unpaired) electrons. The second-order valence-corrected chi connectivity index (χ2v) is 16.9. The van der Waals surface area contributed by atoms with Gasteiger partial charge in [-0.3, -0.25) is 14.4 Å². The Bertz CT molecular complexity index is 2080.